The molecular weight excluding hydrogens is 410 g/mol. The molecule has 0 aromatic heterocycles. The molecule has 8 nitrogen and oxygen atoms in total. The van der Waals surface area contributed by atoms with Crippen LogP contribution in [-0.2, 0) is 11.3 Å². The molecular formula is C24H23N3O5. The minimum absolute atomic E-state index is 0.214. The second-order valence-corrected chi connectivity index (χ2v) is 6.77. The number of nitrogens with two attached hydrogens (primary N) is 1. The standard InChI is InChI=1S/C24H23N3O5/c1-2-31-24(30)32-21-12-8-17(9-13-21)22(28)26-15-16-4-3-5-20(14-16)27-23(29)18-6-10-19(25)11-7-18/h3-14H,2,15,25H2,1H3,(H,26,28)(H,27,29). The number of hydrogen-bond acceptors (Lipinski definition) is 6. The Hall–Kier alpha value is -4.33. The summed E-state index contributed by atoms with van der Waals surface area (Å²) in [5.41, 5.74) is 8.56. The topological polar surface area (TPSA) is 120 Å². The highest BCUT2D eigenvalue weighted by molar-refractivity contribution is 6.04. The van der Waals surface area contributed by atoms with Crippen LogP contribution >= 0.6 is 0 Å². The summed E-state index contributed by atoms with van der Waals surface area (Å²) in [5, 5.41) is 5.64. The zero-order chi connectivity index (χ0) is 22.9. The molecule has 0 fully saturated rings. The Bertz CT molecular complexity index is 1100. The molecule has 164 valence electrons. The van der Waals surface area contributed by atoms with E-state index in [-0.39, 0.29) is 30.7 Å². The molecule has 0 aliphatic rings. The van der Waals surface area contributed by atoms with Gasteiger partial charge >= 0.3 is 6.16 Å². The van der Waals surface area contributed by atoms with Gasteiger partial charge in [0.25, 0.3) is 11.8 Å². The van der Waals surface area contributed by atoms with Crippen LogP contribution in [0.3, 0.4) is 0 Å². The number of carbonyl (C=O) groups excluding carboxylic acids is 3. The molecule has 0 aliphatic heterocycles. The molecule has 0 unspecified atom stereocenters. The average molecular weight is 433 g/mol. The Morgan fingerprint density at radius 1 is 0.875 bits per heavy atom. The molecule has 0 saturated heterocycles. The first kappa shape index (κ1) is 22.4. The lowest BCUT2D eigenvalue weighted by atomic mass is 10.1. The van der Waals surface area contributed by atoms with E-state index >= 15 is 0 Å². The first-order chi connectivity index (χ1) is 15.4. The fraction of sp³-hybridized carbons (Fsp3) is 0.125. The van der Waals surface area contributed by atoms with Crippen LogP contribution in [0, 0.1) is 0 Å². The lowest BCUT2D eigenvalue weighted by molar-refractivity contribution is 0.0950. The van der Waals surface area contributed by atoms with E-state index in [0.717, 1.165) is 5.56 Å². The summed E-state index contributed by atoms with van der Waals surface area (Å²) in [6.07, 6.45) is -0.798. The summed E-state index contributed by atoms with van der Waals surface area (Å²) in [6.45, 7) is 2.16. The third kappa shape index (κ3) is 6.33. The van der Waals surface area contributed by atoms with Crippen molar-refractivity contribution in [1.29, 1.82) is 0 Å². The Morgan fingerprint density at radius 2 is 1.53 bits per heavy atom. The minimum Gasteiger partial charge on any atom is -0.434 e. The minimum atomic E-state index is -0.798. The van der Waals surface area contributed by atoms with Crippen LogP contribution in [0.25, 0.3) is 0 Å². The van der Waals surface area contributed by atoms with Crippen molar-refractivity contribution >= 4 is 29.3 Å². The summed E-state index contributed by atoms with van der Waals surface area (Å²) in [5.74, 6) is -0.259. The number of nitrogens with one attached hydrogen (secondary N) is 2. The third-order valence-corrected chi connectivity index (χ3v) is 4.39. The fourth-order valence-electron chi connectivity index (χ4n) is 2.80. The van der Waals surface area contributed by atoms with E-state index in [9.17, 15) is 14.4 Å². The average Bonchev–Trinajstić information content (AvgIpc) is 2.79. The SMILES string of the molecule is CCOC(=O)Oc1ccc(C(=O)NCc2cccc(NC(=O)c3ccc(N)cc3)c2)cc1. The number of amides is 2. The molecule has 0 bridgehead atoms. The molecule has 0 aliphatic carbocycles. The monoisotopic (exact) mass is 433 g/mol. The lowest BCUT2D eigenvalue weighted by Gasteiger charge is -2.09. The van der Waals surface area contributed by atoms with Crippen LogP contribution in [0.5, 0.6) is 5.75 Å². The van der Waals surface area contributed by atoms with Crippen LogP contribution in [0.1, 0.15) is 33.2 Å². The number of rotatable bonds is 7. The maximum absolute atomic E-state index is 12.4. The molecule has 0 radical (unpaired) electrons. The molecule has 0 heterocycles. The highest BCUT2D eigenvalue weighted by Gasteiger charge is 2.10. The van der Waals surface area contributed by atoms with Gasteiger partial charge in [-0.1, -0.05) is 12.1 Å². The van der Waals surface area contributed by atoms with Crippen molar-refractivity contribution in [3.05, 3.63) is 89.5 Å². The lowest BCUT2D eigenvalue weighted by Crippen LogP contribution is -2.22. The number of carbonyl (C=O) groups is 3. The van der Waals surface area contributed by atoms with Gasteiger partial charge in [0.05, 0.1) is 6.61 Å². The first-order valence-electron chi connectivity index (χ1n) is 9.93. The first-order valence-corrected chi connectivity index (χ1v) is 9.93. The number of benzene rings is 3. The van der Waals surface area contributed by atoms with Gasteiger partial charge in [0.15, 0.2) is 0 Å². The van der Waals surface area contributed by atoms with Crippen LogP contribution in [0.2, 0.25) is 0 Å². The van der Waals surface area contributed by atoms with Gasteiger partial charge < -0.3 is 25.8 Å². The van der Waals surface area contributed by atoms with E-state index in [1.165, 1.54) is 12.1 Å². The van der Waals surface area contributed by atoms with Gasteiger partial charge in [-0.3, -0.25) is 9.59 Å². The quantitative estimate of drug-likeness (QED) is 0.294. The summed E-state index contributed by atoms with van der Waals surface area (Å²) in [6, 6.07) is 19.9. The smallest absolute Gasteiger partial charge is 0.434 e. The van der Waals surface area contributed by atoms with Crippen molar-refractivity contribution in [3.63, 3.8) is 0 Å². The van der Waals surface area contributed by atoms with Gasteiger partial charge in [0.1, 0.15) is 5.75 Å². The zero-order valence-corrected chi connectivity index (χ0v) is 17.5. The summed E-state index contributed by atoms with van der Waals surface area (Å²) >= 11 is 0. The summed E-state index contributed by atoms with van der Waals surface area (Å²) in [7, 11) is 0. The van der Waals surface area contributed by atoms with Crippen molar-refractivity contribution in [1.82, 2.24) is 5.32 Å². The molecule has 32 heavy (non-hydrogen) atoms. The van der Waals surface area contributed by atoms with Crippen molar-refractivity contribution in [2.75, 3.05) is 17.7 Å². The number of anilines is 2. The molecule has 3 aromatic rings. The molecule has 3 rings (SSSR count). The summed E-state index contributed by atoms with van der Waals surface area (Å²) < 4.78 is 9.67. The van der Waals surface area contributed by atoms with E-state index in [2.05, 4.69) is 10.6 Å². The van der Waals surface area contributed by atoms with E-state index in [0.29, 0.717) is 22.5 Å². The number of nitrogen functional groups attached to an aromatic ring is 1. The number of ether oxygens (including phenoxy) is 2. The van der Waals surface area contributed by atoms with E-state index < -0.39 is 6.16 Å². The maximum Gasteiger partial charge on any atom is 0.513 e. The normalized spacial score (nSPS) is 10.2. The molecule has 2 amide bonds. The molecule has 0 atom stereocenters. The second-order valence-electron chi connectivity index (χ2n) is 6.77. The summed E-state index contributed by atoms with van der Waals surface area (Å²) in [4.78, 5) is 36.1. The van der Waals surface area contributed by atoms with Gasteiger partial charge in [-0.25, -0.2) is 4.79 Å². The molecule has 8 heteroatoms. The van der Waals surface area contributed by atoms with Crippen LogP contribution < -0.4 is 21.1 Å². The predicted octanol–water partition coefficient (Wildman–Crippen LogP) is 3.99. The zero-order valence-electron chi connectivity index (χ0n) is 17.5. The van der Waals surface area contributed by atoms with Gasteiger partial charge in [0, 0.05) is 29.0 Å². The molecule has 4 N–H and O–H groups in total. The van der Waals surface area contributed by atoms with Gasteiger partial charge in [0.2, 0.25) is 0 Å². The Labute approximate surface area is 185 Å². The van der Waals surface area contributed by atoms with Crippen molar-refractivity contribution in [2.24, 2.45) is 0 Å². The van der Waals surface area contributed by atoms with Crippen LogP contribution in [0.15, 0.2) is 72.8 Å². The maximum atomic E-state index is 12.4. The fourth-order valence-corrected chi connectivity index (χ4v) is 2.80. The van der Waals surface area contributed by atoms with Gasteiger partial charge in [-0.2, -0.15) is 0 Å². The number of hydrogen-bond donors (Lipinski definition) is 3. The van der Waals surface area contributed by atoms with Crippen LogP contribution in [0.4, 0.5) is 16.2 Å². The van der Waals surface area contributed by atoms with Crippen molar-refractivity contribution in [2.45, 2.75) is 13.5 Å². The third-order valence-electron chi connectivity index (χ3n) is 4.39. The highest BCUT2D eigenvalue weighted by atomic mass is 16.7. The van der Waals surface area contributed by atoms with Gasteiger partial charge in [-0.05, 0) is 73.2 Å². The van der Waals surface area contributed by atoms with E-state index in [1.54, 1.807) is 61.5 Å². The molecule has 0 spiro atoms. The molecule has 0 saturated carbocycles. The highest BCUT2D eigenvalue weighted by Crippen LogP contribution is 2.15. The van der Waals surface area contributed by atoms with Crippen molar-refractivity contribution < 1.29 is 23.9 Å². The van der Waals surface area contributed by atoms with E-state index in [1.807, 2.05) is 6.07 Å². The largest absolute Gasteiger partial charge is 0.513 e. The van der Waals surface area contributed by atoms with Crippen molar-refractivity contribution in [3.8, 4) is 5.75 Å². The Balaban J connectivity index is 1.55. The predicted molar refractivity (Wildman–Crippen MR) is 121 cm³/mol. The van der Waals surface area contributed by atoms with Gasteiger partial charge in [-0.15, -0.1) is 0 Å². The van der Waals surface area contributed by atoms with E-state index in [4.69, 9.17) is 15.2 Å². The van der Waals surface area contributed by atoms with Crippen LogP contribution in [-0.4, -0.2) is 24.6 Å². The second kappa shape index (κ2) is 10.6. The molecule has 3 aromatic carbocycles. The Morgan fingerprint density at radius 3 is 2.22 bits per heavy atom. The Kier molecular flexibility index (Phi) is 7.42.